The van der Waals surface area contributed by atoms with Crippen LogP contribution in [0, 0.1) is 5.82 Å². The van der Waals surface area contributed by atoms with Gasteiger partial charge in [0, 0.05) is 41.6 Å². The van der Waals surface area contributed by atoms with Crippen molar-refractivity contribution in [2.75, 3.05) is 31.1 Å². The summed E-state index contributed by atoms with van der Waals surface area (Å²) < 4.78 is 14.1. The molecule has 0 spiro atoms. The topological polar surface area (TPSA) is 43.8 Å². The van der Waals surface area contributed by atoms with E-state index in [1.807, 2.05) is 5.38 Å². The maximum absolute atomic E-state index is 13.1. The van der Waals surface area contributed by atoms with Crippen molar-refractivity contribution in [1.82, 2.24) is 4.90 Å². The van der Waals surface area contributed by atoms with Gasteiger partial charge in [-0.05, 0) is 18.2 Å². The molecule has 0 saturated carbocycles. The molecule has 0 bridgehead atoms. The Morgan fingerprint density at radius 3 is 2.68 bits per heavy atom. The number of halogens is 1. The summed E-state index contributed by atoms with van der Waals surface area (Å²) in [6.45, 7) is 2.37. The Kier molecular flexibility index (Phi) is 3.02. The second kappa shape index (κ2) is 4.70. The predicted molar refractivity (Wildman–Crippen MR) is 73.6 cm³/mol. The molecule has 19 heavy (non-hydrogen) atoms. The number of nitrogens with zero attached hydrogens (tertiary/aromatic N) is 2. The van der Waals surface area contributed by atoms with Gasteiger partial charge in [0.1, 0.15) is 5.82 Å². The van der Waals surface area contributed by atoms with Gasteiger partial charge in [0.2, 0.25) is 0 Å². The maximum atomic E-state index is 13.1. The lowest BCUT2D eigenvalue weighted by Crippen LogP contribution is -2.48. The molecule has 3 rings (SSSR count). The first-order valence-corrected chi connectivity index (χ1v) is 6.93. The van der Waals surface area contributed by atoms with Crippen LogP contribution in [0.3, 0.4) is 0 Å². The normalized spacial score (nSPS) is 16.1. The van der Waals surface area contributed by atoms with Crippen LogP contribution in [0.1, 0.15) is 0 Å². The van der Waals surface area contributed by atoms with Crippen LogP contribution in [-0.2, 0) is 0 Å². The highest BCUT2D eigenvalue weighted by atomic mass is 32.1. The van der Waals surface area contributed by atoms with Crippen LogP contribution in [0.2, 0.25) is 0 Å². The average Bonchev–Trinajstić information content (AvgIpc) is 2.81. The molecule has 1 fully saturated rings. The van der Waals surface area contributed by atoms with Crippen molar-refractivity contribution >= 4 is 33.2 Å². The summed E-state index contributed by atoms with van der Waals surface area (Å²) >= 11 is 1.52. The predicted octanol–water partition coefficient (Wildman–Crippen LogP) is 2.84. The summed E-state index contributed by atoms with van der Waals surface area (Å²) in [6.07, 6.45) is -0.864. The Morgan fingerprint density at radius 2 is 2.00 bits per heavy atom. The maximum Gasteiger partial charge on any atom is 0.407 e. The van der Waals surface area contributed by atoms with Crippen molar-refractivity contribution in [3.8, 4) is 0 Å². The fraction of sp³-hybridized carbons (Fsp3) is 0.308. The summed E-state index contributed by atoms with van der Waals surface area (Å²) in [7, 11) is 0. The zero-order chi connectivity index (χ0) is 13.4. The number of thiophene rings is 1. The second-order valence-corrected chi connectivity index (χ2v) is 5.43. The zero-order valence-electron chi connectivity index (χ0n) is 10.2. The second-order valence-electron chi connectivity index (χ2n) is 4.52. The number of carbonyl (C=O) groups is 1. The van der Waals surface area contributed by atoms with Crippen molar-refractivity contribution in [1.29, 1.82) is 0 Å². The van der Waals surface area contributed by atoms with E-state index in [0.717, 1.165) is 15.8 Å². The lowest BCUT2D eigenvalue weighted by atomic mass is 10.2. The fourth-order valence-corrected chi connectivity index (χ4v) is 3.37. The molecule has 0 radical (unpaired) electrons. The molecular formula is C13H13FN2O2S. The first-order chi connectivity index (χ1) is 9.15. The lowest BCUT2D eigenvalue weighted by Gasteiger charge is -2.34. The van der Waals surface area contributed by atoms with Crippen LogP contribution in [-0.4, -0.2) is 42.3 Å². The Hall–Kier alpha value is -1.82. The molecule has 2 aromatic rings. The Bertz CT molecular complexity index is 620. The molecule has 4 nitrogen and oxygen atoms in total. The molecule has 0 aliphatic carbocycles. The molecular weight excluding hydrogens is 267 g/mol. The molecule has 0 unspecified atom stereocenters. The summed E-state index contributed by atoms with van der Waals surface area (Å²) in [5, 5.41) is 12.0. The molecule has 1 N–H and O–H groups in total. The number of hydrogen-bond acceptors (Lipinski definition) is 3. The fourth-order valence-electron chi connectivity index (χ4n) is 2.37. The van der Waals surface area contributed by atoms with Gasteiger partial charge in [-0.15, -0.1) is 11.3 Å². The minimum Gasteiger partial charge on any atom is -0.465 e. The van der Waals surface area contributed by atoms with Crippen molar-refractivity contribution < 1.29 is 14.3 Å². The third-order valence-corrected chi connectivity index (χ3v) is 4.34. The summed E-state index contributed by atoms with van der Waals surface area (Å²) in [5.41, 5.74) is 1.07. The quantitative estimate of drug-likeness (QED) is 0.873. The van der Waals surface area contributed by atoms with Crippen LogP contribution >= 0.6 is 11.3 Å². The zero-order valence-corrected chi connectivity index (χ0v) is 11.0. The highest BCUT2D eigenvalue weighted by molar-refractivity contribution is 7.17. The Morgan fingerprint density at radius 1 is 1.26 bits per heavy atom. The van der Waals surface area contributed by atoms with Gasteiger partial charge in [0.15, 0.2) is 0 Å². The molecule has 1 aliphatic rings. The number of anilines is 1. The van der Waals surface area contributed by atoms with E-state index in [1.165, 1.54) is 28.4 Å². The van der Waals surface area contributed by atoms with Crippen molar-refractivity contribution in [3.63, 3.8) is 0 Å². The lowest BCUT2D eigenvalue weighted by molar-refractivity contribution is 0.142. The van der Waals surface area contributed by atoms with E-state index >= 15 is 0 Å². The van der Waals surface area contributed by atoms with Crippen LogP contribution in [0.5, 0.6) is 0 Å². The summed E-state index contributed by atoms with van der Waals surface area (Å²) in [4.78, 5) is 14.4. The number of benzene rings is 1. The van der Waals surface area contributed by atoms with Gasteiger partial charge in [-0.3, -0.25) is 0 Å². The average molecular weight is 280 g/mol. The van der Waals surface area contributed by atoms with E-state index in [1.54, 1.807) is 6.07 Å². The largest absolute Gasteiger partial charge is 0.465 e. The van der Waals surface area contributed by atoms with Crippen LogP contribution < -0.4 is 4.90 Å². The van der Waals surface area contributed by atoms with E-state index < -0.39 is 6.09 Å². The molecule has 1 aromatic heterocycles. The molecule has 1 aliphatic heterocycles. The minimum absolute atomic E-state index is 0.225. The number of piperazine rings is 1. The van der Waals surface area contributed by atoms with Gasteiger partial charge in [-0.25, -0.2) is 9.18 Å². The third-order valence-electron chi connectivity index (χ3n) is 3.41. The Labute approximate surface area is 113 Å². The Balaban J connectivity index is 1.84. The summed E-state index contributed by atoms with van der Waals surface area (Å²) in [5.74, 6) is -0.225. The number of amides is 1. The van der Waals surface area contributed by atoms with Gasteiger partial charge >= 0.3 is 6.09 Å². The standard InChI is InChI=1S/C13H13FN2O2S/c14-9-1-2-10-11(8-19-12(10)7-9)15-3-5-16(6-4-15)13(17)18/h1-2,7-8H,3-6H2,(H,17,18). The van der Waals surface area contributed by atoms with Gasteiger partial charge in [-0.1, -0.05) is 0 Å². The van der Waals surface area contributed by atoms with Gasteiger partial charge < -0.3 is 14.9 Å². The minimum atomic E-state index is -0.864. The summed E-state index contributed by atoms with van der Waals surface area (Å²) in [6, 6.07) is 4.79. The molecule has 1 amide bonds. The number of carboxylic acid groups (broad SMARTS) is 1. The molecule has 0 atom stereocenters. The molecule has 1 saturated heterocycles. The van der Waals surface area contributed by atoms with Crippen molar-refractivity contribution in [2.45, 2.75) is 0 Å². The van der Waals surface area contributed by atoms with E-state index in [4.69, 9.17) is 5.11 Å². The number of fused-ring (bicyclic) bond motifs is 1. The first kappa shape index (κ1) is 12.2. The highest BCUT2D eigenvalue weighted by Gasteiger charge is 2.22. The van der Waals surface area contributed by atoms with E-state index in [2.05, 4.69) is 4.90 Å². The van der Waals surface area contributed by atoms with Crippen LogP contribution in [0.15, 0.2) is 23.6 Å². The van der Waals surface area contributed by atoms with Crippen molar-refractivity contribution in [2.24, 2.45) is 0 Å². The molecule has 2 heterocycles. The van der Waals surface area contributed by atoms with E-state index in [-0.39, 0.29) is 5.82 Å². The van der Waals surface area contributed by atoms with Crippen LogP contribution in [0.25, 0.3) is 10.1 Å². The smallest absolute Gasteiger partial charge is 0.407 e. The van der Waals surface area contributed by atoms with Crippen LogP contribution in [0.4, 0.5) is 14.9 Å². The molecule has 6 heteroatoms. The molecule has 100 valence electrons. The third kappa shape index (κ3) is 2.23. The van der Waals surface area contributed by atoms with Gasteiger partial charge in [0.25, 0.3) is 0 Å². The van der Waals surface area contributed by atoms with Gasteiger partial charge in [-0.2, -0.15) is 0 Å². The first-order valence-electron chi connectivity index (χ1n) is 6.05. The van der Waals surface area contributed by atoms with E-state index in [9.17, 15) is 9.18 Å². The van der Waals surface area contributed by atoms with E-state index in [0.29, 0.717) is 26.2 Å². The number of hydrogen-bond donors (Lipinski definition) is 1. The number of rotatable bonds is 1. The SMILES string of the molecule is O=C(O)N1CCN(c2csc3cc(F)ccc23)CC1. The van der Waals surface area contributed by atoms with Crippen molar-refractivity contribution in [3.05, 3.63) is 29.4 Å². The molecule has 1 aromatic carbocycles. The van der Waals surface area contributed by atoms with Gasteiger partial charge in [0.05, 0.1) is 5.69 Å². The monoisotopic (exact) mass is 280 g/mol. The highest BCUT2D eigenvalue weighted by Crippen LogP contribution is 2.33.